The van der Waals surface area contributed by atoms with Gasteiger partial charge in [-0.05, 0) is 50.2 Å². The standard InChI is InChI=1S/C25H27FN6O2/c1-15-7-12-21(32(15)22(33)13-18-14-27-31-30-18)25(34)29-23(17-5-3-2-4-6-17)20-11-10-19(16-8-9-16)24(26)28-20/h2-6,10-11,14-16,21,23H,7-9,12-13H2,1H3,(H,29,34)(H,27,30,31). The third kappa shape index (κ3) is 4.55. The van der Waals surface area contributed by atoms with E-state index in [4.69, 9.17) is 0 Å². The van der Waals surface area contributed by atoms with Gasteiger partial charge in [-0.3, -0.25) is 14.7 Å². The van der Waals surface area contributed by atoms with E-state index in [0.29, 0.717) is 23.4 Å². The number of carbonyl (C=O) groups is 2. The molecule has 1 aliphatic heterocycles. The number of pyridine rings is 1. The fourth-order valence-electron chi connectivity index (χ4n) is 4.75. The highest BCUT2D eigenvalue weighted by Gasteiger charge is 2.39. The second-order valence-electron chi connectivity index (χ2n) is 9.14. The maximum absolute atomic E-state index is 14.8. The highest BCUT2D eigenvalue weighted by molar-refractivity contribution is 5.89. The average molecular weight is 463 g/mol. The molecule has 1 aromatic carbocycles. The van der Waals surface area contributed by atoms with Gasteiger partial charge in [0.15, 0.2) is 0 Å². The smallest absolute Gasteiger partial charge is 0.243 e. The van der Waals surface area contributed by atoms with Crippen LogP contribution in [-0.4, -0.2) is 49.2 Å². The quantitative estimate of drug-likeness (QED) is 0.526. The molecule has 8 nitrogen and oxygen atoms in total. The molecule has 1 saturated heterocycles. The third-order valence-electron chi connectivity index (χ3n) is 6.70. The summed E-state index contributed by atoms with van der Waals surface area (Å²) >= 11 is 0. The van der Waals surface area contributed by atoms with Crippen molar-refractivity contribution in [2.75, 3.05) is 0 Å². The zero-order chi connectivity index (χ0) is 23.7. The Morgan fingerprint density at radius 1 is 1.15 bits per heavy atom. The first kappa shape index (κ1) is 22.2. The Hall–Kier alpha value is -3.62. The lowest BCUT2D eigenvalue weighted by Gasteiger charge is -2.29. The minimum absolute atomic E-state index is 0.0669. The van der Waals surface area contributed by atoms with Gasteiger partial charge in [-0.25, -0.2) is 4.98 Å². The number of amides is 2. The van der Waals surface area contributed by atoms with Gasteiger partial charge in [-0.15, -0.1) is 5.10 Å². The van der Waals surface area contributed by atoms with E-state index in [-0.39, 0.29) is 30.2 Å². The molecule has 0 radical (unpaired) electrons. The van der Waals surface area contributed by atoms with E-state index in [9.17, 15) is 14.0 Å². The lowest BCUT2D eigenvalue weighted by Crippen LogP contribution is -2.49. The van der Waals surface area contributed by atoms with Crippen LogP contribution in [0.3, 0.4) is 0 Å². The number of halogens is 1. The van der Waals surface area contributed by atoms with E-state index in [1.54, 1.807) is 17.0 Å². The van der Waals surface area contributed by atoms with Crippen molar-refractivity contribution < 1.29 is 14.0 Å². The molecule has 5 rings (SSSR count). The number of H-pyrrole nitrogens is 1. The lowest BCUT2D eigenvalue weighted by atomic mass is 10.0. The van der Waals surface area contributed by atoms with Gasteiger partial charge in [0, 0.05) is 11.6 Å². The number of benzene rings is 1. The van der Waals surface area contributed by atoms with Crippen LogP contribution in [0.25, 0.3) is 0 Å². The van der Waals surface area contributed by atoms with Crippen LogP contribution in [0.4, 0.5) is 4.39 Å². The van der Waals surface area contributed by atoms with Crippen LogP contribution in [0.2, 0.25) is 0 Å². The SMILES string of the molecule is CC1CCC(C(=O)NC(c2ccccc2)c2ccc(C3CC3)c(F)n2)N1C(=O)Cc1cnn[nH]1. The Balaban J connectivity index is 1.39. The summed E-state index contributed by atoms with van der Waals surface area (Å²) in [7, 11) is 0. The van der Waals surface area contributed by atoms with Crippen LogP contribution in [0, 0.1) is 5.95 Å². The van der Waals surface area contributed by atoms with Gasteiger partial charge in [0.1, 0.15) is 6.04 Å². The number of hydrogen-bond acceptors (Lipinski definition) is 5. The number of aromatic nitrogens is 4. The Labute approximate surface area is 197 Å². The van der Waals surface area contributed by atoms with Gasteiger partial charge < -0.3 is 10.2 Å². The second kappa shape index (κ2) is 9.32. The summed E-state index contributed by atoms with van der Waals surface area (Å²) in [5, 5.41) is 13.1. The Morgan fingerprint density at radius 3 is 2.62 bits per heavy atom. The molecular formula is C25H27FN6O2. The predicted molar refractivity (Wildman–Crippen MR) is 122 cm³/mol. The molecule has 1 saturated carbocycles. The second-order valence-corrected chi connectivity index (χ2v) is 9.14. The monoisotopic (exact) mass is 462 g/mol. The fourth-order valence-corrected chi connectivity index (χ4v) is 4.75. The fraction of sp³-hybridized carbons (Fsp3) is 0.400. The highest BCUT2D eigenvalue weighted by Crippen LogP contribution is 2.41. The molecule has 34 heavy (non-hydrogen) atoms. The van der Waals surface area contributed by atoms with Crippen LogP contribution in [0.1, 0.15) is 67.1 Å². The normalized spacial score (nSPS) is 20.8. The molecule has 1 aliphatic carbocycles. The number of nitrogens with zero attached hydrogens (tertiary/aromatic N) is 4. The minimum Gasteiger partial charge on any atom is -0.342 e. The van der Waals surface area contributed by atoms with Gasteiger partial charge in [0.2, 0.25) is 17.8 Å². The molecule has 0 spiro atoms. The van der Waals surface area contributed by atoms with Crippen LogP contribution in [0.5, 0.6) is 0 Å². The van der Waals surface area contributed by atoms with Crippen LogP contribution in [-0.2, 0) is 16.0 Å². The zero-order valence-corrected chi connectivity index (χ0v) is 18.9. The van der Waals surface area contributed by atoms with Gasteiger partial charge in [-0.1, -0.05) is 41.6 Å². The van der Waals surface area contributed by atoms with E-state index >= 15 is 0 Å². The summed E-state index contributed by atoms with van der Waals surface area (Å²) in [6.45, 7) is 1.94. The summed E-state index contributed by atoms with van der Waals surface area (Å²) < 4.78 is 14.8. The van der Waals surface area contributed by atoms with Crippen LogP contribution in [0.15, 0.2) is 48.7 Å². The number of carbonyl (C=O) groups excluding carboxylic acids is 2. The number of likely N-dealkylation sites (tertiary alicyclic amines) is 1. The van der Waals surface area contributed by atoms with Crippen molar-refractivity contribution in [3.63, 3.8) is 0 Å². The molecule has 2 N–H and O–H groups in total. The summed E-state index contributed by atoms with van der Waals surface area (Å²) in [6.07, 6.45) is 4.85. The molecule has 3 aromatic rings. The van der Waals surface area contributed by atoms with Crippen molar-refractivity contribution in [3.05, 3.63) is 77.1 Å². The molecule has 176 valence electrons. The van der Waals surface area contributed by atoms with Crippen molar-refractivity contribution in [3.8, 4) is 0 Å². The maximum Gasteiger partial charge on any atom is 0.243 e. The molecule has 9 heteroatoms. The van der Waals surface area contributed by atoms with Gasteiger partial charge in [0.25, 0.3) is 0 Å². The molecule has 3 heterocycles. The van der Waals surface area contributed by atoms with Crippen molar-refractivity contribution in [1.29, 1.82) is 0 Å². The topological polar surface area (TPSA) is 104 Å². The molecular weight excluding hydrogens is 435 g/mol. The largest absolute Gasteiger partial charge is 0.342 e. The van der Waals surface area contributed by atoms with E-state index in [1.165, 1.54) is 6.20 Å². The van der Waals surface area contributed by atoms with Gasteiger partial charge in [0.05, 0.1) is 30.0 Å². The minimum atomic E-state index is -0.624. The summed E-state index contributed by atoms with van der Waals surface area (Å²) in [6, 6.07) is 11.7. The van der Waals surface area contributed by atoms with E-state index < -0.39 is 18.0 Å². The molecule has 2 aliphatic rings. The van der Waals surface area contributed by atoms with E-state index in [0.717, 1.165) is 24.8 Å². The number of hydrogen-bond donors (Lipinski definition) is 2. The van der Waals surface area contributed by atoms with Crippen LogP contribution >= 0.6 is 0 Å². The summed E-state index contributed by atoms with van der Waals surface area (Å²) in [5.41, 5.74) is 2.47. The summed E-state index contributed by atoms with van der Waals surface area (Å²) in [5.74, 6) is -0.668. The Morgan fingerprint density at radius 2 is 1.94 bits per heavy atom. The zero-order valence-electron chi connectivity index (χ0n) is 18.9. The Bertz CT molecular complexity index is 1170. The first-order valence-corrected chi connectivity index (χ1v) is 11.7. The van der Waals surface area contributed by atoms with Crippen molar-refractivity contribution in [1.82, 2.24) is 30.6 Å². The average Bonchev–Trinajstić information content (AvgIpc) is 3.40. The molecule has 2 amide bonds. The maximum atomic E-state index is 14.8. The van der Waals surface area contributed by atoms with Crippen LogP contribution < -0.4 is 5.32 Å². The van der Waals surface area contributed by atoms with Gasteiger partial charge in [-0.2, -0.15) is 4.39 Å². The molecule has 0 bridgehead atoms. The molecule has 3 atom stereocenters. The van der Waals surface area contributed by atoms with Crippen molar-refractivity contribution >= 4 is 11.8 Å². The molecule has 2 aromatic heterocycles. The highest BCUT2D eigenvalue weighted by atomic mass is 19.1. The number of rotatable bonds is 7. The first-order chi connectivity index (χ1) is 16.5. The van der Waals surface area contributed by atoms with E-state index in [1.807, 2.05) is 37.3 Å². The van der Waals surface area contributed by atoms with E-state index in [2.05, 4.69) is 25.7 Å². The van der Waals surface area contributed by atoms with Gasteiger partial charge >= 0.3 is 0 Å². The lowest BCUT2D eigenvalue weighted by molar-refractivity contribution is -0.139. The molecule has 2 fully saturated rings. The number of aromatic amines is 1. The van der Waals surface area contributed by atoms with Crippen molar-refractivity contribution in [2.45, 2.75) is 63.1 Å². The third-order valence-corrected chi connectivity index (χ3v) is 6.70. The summed E-state index contributed by atoms with van der Waals surface area (Å²) in [4.78, 5) is 32.4. The van der Waals surface area contributed by atoms with Crippen molar-refractivity contribution in [2.24, 2.45) is 0 Å². The Kier molecular flexibility index (Phi) is 6.08. The first-order valence-electron chi connectivity index (χ1n) is 11.7. The molecule has 3 unspecified atom stereocenters. The predicted octanol–water partition coefficient (Wildman–Crippen LogP) is 3.04. The number of nitrogens with one attached hydrogen (secondary N) is 2.